The highest BCUT2D eigenvalue weighted by Crippen LogP contribution is 2.13. The molecule has 0 atom stereocenters. The molecule has 29 heavy (non-hydrogen) atoms. The van der Waals surface area contributed by atoms with E-state index >= 15 is 0 Å². The van der Waals surface area contributed by atoms with Gasteiger partial charge in [0.05, 0.1) is 0 Å². The number of carbonyl (C=O) groups excluding carboxylic acids is 4. The van der Waals surface area contributed by atoms with Gasteiger partial charge in [0.2, 0.25) is 5.91 Å². The first-order valence-corrected chi connectivity index (χ1v) is 10.7. The van der Waals surface area contributed by atoms with E-state index in [0.29, 0.717) is 19.4 Å². The second kappa shape index (κ2) is 13.1. The third-order valence-electron chi connectivity index (χ3n) is 4.51. The second-order valence-corrected chi connectivity index (χ2v) is 8.43. The van der Waals surface area contributed by atoms with Crippen LogP contribution in [0, 0.1) is 0 Å². The fourth-order valence-corrected chi connectivity index (χ4v) is 3.06. The second-order valence-electron chi connectivity index (χ2n) is 8.43. The minimum Gasteiger partial charge on any atom is -0.460 e. The van der Waals surface area contributed by atoms with Crippen LogP contribution in [-0.4, -0.2) is 47.3 Å². The summed E-state index contributed by atoms with van der Waals surface area (Å²) in [6, 6.07) is 0. The van der Waals surface area contributed by atoms with Crippen molar-refractivity contribution in [2.24, 2.45) is 0 Å². The van der Waals surface area contributed by atoms with Crippen LogP contribution in [0.15, 0.2) is 12.2 Å². The number of nitrogens with zero attached hydrogens (tertiary/aromatic N) is 1. The van der Waals surface area contributed by atoms with Gasteiger partial charge in [-0.3, -0.25) is 24.1 Å². The van der Waals surface area contributed by atoms with Crippen molar-refractivity contribution in [1.29, 1.82) is 0 Å². The summed E-state index contributed by atoms with van der Waals surface area (Å²) in [6.45, 7) is 6.15. The molecule has 3 amide bonds. The van der Waals surface area contributed by atoms with E-state index in [1.54, 1.807) is 0 Å². The van der Waals surface area contributed by atoms with E-state index < -0.39 is 5.60 Å². The highest BCUT2D eigenvalue weighted by Gasteiger charge is 2.22. The van der Waals surface area contributed by atoms with Crippen molar-refractivity contribution in [2.75, 3.05) is 13.1 Å². The van der Waals surface area contributed by atoms with Gasteiger partial charge in [0.25, 0.3) is 11.8 Å². The molecule has 0 radical (unpaired) electrons. The van der Waals surface area contributed by atoms with E-state index in [2.05, 4.69) is 5.32 Å². The van der Waals surface area contributed by atoms with Crippen molar-refractivity contribution >= 4 is 23.7 Å². The third kappa shape index (κ3) is 12.1. The molecular formula is C22H36N2O5. The van der Waals surface area contributed by atoms with Gasteiger partial charge >= 0.3 is 5.97 Å². The molecule has 0 spiro atoms. The van der Waals surface area contributed by atoms with E-state index in [4.69, 9.17) is 4.74 Å². The van der Waals surface area contributed by atoms with Gasteiger partial charge in [0, 0.05) is 38.1 Å². The monoisotopic (exact) mass is 408 g/mol. The van der Waals surface area contributed by atoms with Crippen LogP contribution in [0.5, 0.6) is 0 Å². The van der Waals surface area contributed by atoms with Gasteiger partial charge in [-0.15, -0.1) is 0 Å². The molecule has 1 aliphatic rings. The molecule has 0 bridgehead atoms. The zero-order valence-electron chi connectivity index (χ0n) is 18.1. The number of unbranched alkanes of at least 4 members (excludes halogenated alkanes) is 7. The lowest BCUT2D eigenvalue weighted by molar-refractivity contribution is -0.155. The Hall–Kier alpha value is -2.18. The molecule has 1 aliphatic heterocycles. The highest BCUT2D eigenvalue weighted by atomic mass is 16.6. The lowest BCUT2D eigenvalue weighted by Crippen LogP contribution is -2.38. The first-order chi connectivity index (χ1) is 13.7. The molecule has 0 aromatic rings. The number of ether oxygens (including phenoxy) is 1. The molecule has 0 saturated carbocycles. The van der Waals surface area contributed by atoms with Crippen molar-refractivity contribution < 1.29 is 23.9 Å². The van der Waals surface area contributed by atoms with E-state index in [1.165, 1.54) is 12.2 Å². The standard InChI is InChI=1S/C22H36N2O5/c1-22(2,3)29-21(28)13-11-9-7-5-4-6-8-10-12-18(25)23-16-17-24-19(26)14-15-20(24)27/h14-15H,4-13,16-17H2,1-3H3,(H,23,25). The lowest BCUT2D eigenvalue weighted by atomic mass is 10.1. The predicted octanol–water partition coefficient (Wildman–Crippen LogP) is 3.27. The Morgan fingerprint density at radius 3 is 1.86 bits per heavy atom. The summed E-state index contributed by atoms with van der Waals surface area (Å²) in [5.74, 6) is -0.812. The van der Waals surface area contributed by atoms with Gasteiger partial charge < -0.3 is 10.1 Å². The lowest BCUT2D eigenvalue weighted by Gasteiger charge is -2.19. The maximum absolute atomic E-state index is 11.8. The molecular weight excluding hydrogens is 372 g/mol. The van der Waals surface area contributed by atoms with Crippen LogP contribution in [0.25, 0.3) is 0 Å². The molecule has 0 saturated heterocycles. The molecule has 0 fully saturated rings. The Morgan fingerprint density at radius 2 is 1.34 bits per heavy atom. The van der Waals surface area contributed by atoms with Crippen LogP contribution >= 0.6 is 0 Å². The molecule has 7 heteroatoms. The summed E-state index contributed by atoms with van der Waals surface area (Å²) in [5.41, 5.74) is -0.405. The van der Waals surface area contributed by atoms with Crippen molar-refractivity contribution in [2.45, 2.75) is 90.6 Å². The van der Waals surface area contributed by atoms with E-state index in [0.717, 1.165) is 56.3 Å². The number of hydrogen-bond donors (Lipinski definition) is 1. The Balaban J connectivity index is 1.88. The molecule has 1 N–H and O–H groups in total. The highest BCUT2D eigenvalue weighted by molar-refractivity contribution is 6.12. The van der Waals surface area contributed by atoms with Crippen molar-refractivity contribution in [3.05, 3.63) is 12.2 Å². The first-order valence-electron chi connectivity index (χ1n) is 10.7. The largest absolute Gasteiger partial charge is 0.460 e. The average Bonchev–Trinajstić information content (AvgIpc) is 2.93. The van der Waals surface area contributed by atoms with E-state index in [1.807, 2.05) is 20.8 Å². The number of esters is 1. The molecule has 0 aromatic carbocycles. The Morgan fingerprint density at radius 1 is 0.862 bits per heavy atom. The Labute approximate surface area is 174 Å². The topological polar surface area (TPSA) is 92.8 Å². The summed E-state index contributed by atoms with van der Waals surface area (Å²) in [6.07, 6.45) is 11.7. The number of rotatable bonds is 14. The van der Waals surface area contributed by atoms with Crippen LogP contribution in [0.4, 0.5) is 0 Å². The number of imide groups is 1. The molecule has 0 unspecified atom stereocenters. The summed E-state index contributed by atoms with van der Waals surface area (Å²) >= 11 is 0. The Bertz CT molecular complexity index is 575. The molecule has 164 valence electrons. The van der Waals surface area contributed by atoms with Gasteiger partial charge in [-0.2, -0.15) is 0 Å². The fraction of sp³-hybridized carbons (Fsp3) is 0.727. The van der Waals surface area contributed by atoms with Gasteiger partial charge in [-0.05, 0) is 33.6 Å². The predicted molar refractivity (Wildman–Crippen MR) is 111 cm³/mol. The van der Waals surface area contributed by atoms with Crippen LogP contribution in [-0.2, 0) is 23.9 Å². The molecule has 1 heterocycles. The first kappa shape index (κ1) is 24.9. The summed E-state index contributed by atoms with van der Waals surface area (Å²) < 4.78 is 5.28. The quantitative estimate of drug-likeness (QED) is 0.270. The normalized spacial score (nSPS) is 13.8. The number of amides is 3. The van der Waals surface area contributed by atoms with Gasteiger partial charge in [-0.25, -0.2) is 0 Å². The number of nitrogens with one attached hydrogen (secondary N) is 1. The van der Waals surface area contributed by atoms with Gasteiger partial charge in [-0.1, -0.05) is 38.5 Å². The summed E-state index contributed by atoms with van der Waals surface area (Å²) in [7, 11) is 0. The van der Waals surface area contributed by atoms with Crippen LogP contribution in [0.1, 0.15) is 85.0 Å². The summed E-state index contributed by atoms with van der Waals surface area (Å²) in [5, 5.41) is 2.75. The van der Waals surface area contributed by atoms with Crippen LogP contribution in [0.2, 0.25) is 0 Å². The van der Waals surface area contributed by atoms with Gasteiger partial charge in [0.15, 0.2) is 0 Å². The van der Waals surface area contributed by atoms with Crippen LogP contribution < -0.4 is 5.32 Å². The van der Waals surface area contributed by atoms with E-state index in [-0.39, 0.29) is 30.2 Å². The maximum atomic E-state index is 11.8. The number of hydrogen-bond acceptors (Lipinski definition) is 5. The molecule has 0 aliphatic carbocycles. The maximum Gasteiger partial charge on any atom is 0.306 e. The van der Waals surface area contributed by atoms with Crippen molar-refractivity contribution in [1.82, 2.24) is 10.2 Å². The zero-order chi connectivity index (χ0) is 21.7. The minimum atomic E-state index is -0.405. The minimum absolute atomic E-state index is 0.0424. The molecule has 0 aromatic heterocycles. The van der Waals surface area contributed by atoms with Gasteiger partial charge in [0.1, 0.15) is 5.60 Å². The number of carbonyl (C=O) groups is 4. The van der Waals surface area contributed by atoms with Crippen molar-refractivity contribution in [3.63, 3.8) is 0 Å². The third-order valence-corrected chi connectivity index (χ3v) is 4.51. The Kier molecular flexibility index (Phi) is 11.2. The summed E-state index contributed by atoms with van der Waals surface area (Å²) in [4.78, 5) is 47.2. The molecule has 1 rings (SSSR count). The average molecular weight is 409 g/mol. The zero-order valence-corrected chi connectivity index (χ0v) is 18.1. The smallest absolute Gasteiger partial charge is 0.306 e. The van der Waals surface area contributed by atoms with E-state index in [9.17, 15) is 19.2 Å². The van der Waals surface area contributed by atoms with Crippen LogP contribution in [0.3, 0.4) is 0 Å². The SMILES string of the molecule is CC(C)(C)OC(=O)CCCCCCCCCCC(=O)NCCN1C(=O)C=CC1=O. The van der Waals surface area contributed by atoms with Crippen molar-refractivity contribution in [3.8, 4) is 0 Å². The molecule has 7 nitrogen and oxygen atoms in total. The fourth-order valence-electron chi connectivity index (χ4n) is 3.06.